The molecule has 3 saturated heterocycles. The van der Waals surface area contributed by atoms with Gasteiger partial charge in [0.05, 0.1) is 23.7 Å². The van der Waals surface area contributed by atoms with Gasteiger partial charge < -0.3 is 29.4 Å². The predicted molar refractivity (Wildman–Crippen MR) is 251 cm³/mol. The second-order valence-corrected chi connectivity index (χ2v) is 25.9. The van der Waals surface area contributed by atoms with E-state index in [-0.39, 0.29) is 71.7 Å². The molecule has 0 radical (unpaired) electrons. The normalized spacial score (nSPS) is 28.9. The van der Waals surface area contributed by atoms with Crippen molar-refractivity contribution in [2.45, 2.75) is 167 Å². The Morgan fingerprint density at radius 2 is 1.71 bits per heavy atom. The number of alkyl carbamates (subject to hydrolysis) is 1. The monoisotopic (exact) mass is 916 g/mol. The van der Waals surface area contributed by atoms with Crippen LogP contribution in [0.4, 0.5) is 10.5 Å². The number of carbonyl (C=O) groups excluding carboxylic acids is 6. The molecule has 3 fully saturated rings. The lowest BCUT2D eigenvalue weighted by Crippen LogP contribution is -2.54. The van der Waals surface area contributed by atoms with Gasteiger partial charge >= 0.3 is 12.1 Å². The van der Waals surface area contributed by atoms with Crippen molar-refractivity contribution in [2.24, 2.45) is 23.7 Å². The SMILES string of the molecule is C[C@H]1C=C2C=C[C@H](C)[C@H](CC[C@@H]3C[C@@H](O[Si](C)(C)C(C)(C)C)CC(=O)O3)[C@H]2[C@@H](OC(=O)NCCCCCCN2CCC(Nc3cccc4c3C(=O)N(C3CCC(=O)NC3=O)C4=O)CC2)C1. The van der Waals surface area contributed by atoms with Crippen LogP contribution in [0.1, 0.15) is 139 Å². The first-order valence-corrected chi connectivity index (χ1v) is 27.3. The molecule has 7 rings (SSSR count). The zero-order valence-electron chi connectivity index (χ0n) is 39.7. The predicted octanol–water partition coefficient (Wildman–Crippen LogP) is 7.90. The van der Waals surface area contributed by atoms with Gasteiger partial charge in [0.25, 0.3) is 11.8 Å². The highest BCUT2D eigenvalue weighted by atomic mass is 28.4. The Balaban J connectivity index is 0.802. The molecule has 0 spiro atoms. The van der Waals surface area contributed by atoms with Crippen LogP contribution < -0.4 is 16.0 Å². The molecule has 5 amide bonds. The van der Waals surface area contributed by atoms with Crippen LogP contribution in [0.2, 0.25) is 18.1 Å². The lowest BCUT2D eigenvalue weighted by molar-refractivity contribution is -0.160. The third kappa shape index (κ3) is 11.6. The summed E-state index contributed by atoms with van der Waals surface area (Å²) in [5.41, 5.74) is 2.43. The Bertz CT molecular complexity index is 2020. The number of amides is 5. The molecule has 1 unspecified atom stereocenters. The third-order valence-corrected chi connectivity index (χ3v) is 19.8. The van der Waals surface area contributed by atoms with Gasteiger partial charge in [0.15, 0.2) is 8.32 Å². The Morgan fingerprint density at radius 1 is 0.954 bits per heavy atom. The number of unbranched alkanes of at least 4 members (excludes halogenated alkanes) is 3. The number of allylic oxidation sites excluding steroid dienone is 3. The molecule has 0 bridgehead atoms. The van der Waals surface area contributed by atoms with Crippen LogP contribution in [-0.2, 0) is 28.3 Å². The summed E-state index contributed by atoms with van der Waals surface area (Å²) in [5, 5.41) is 8.88. The summed E-state index contributed by atoms with van der Waals surface area (Å²) in [6.45, 7) is 19.0. The number of cyclic esters (lactones) is 1. The van der Waals surface area contributed by atoms with Crippen molar-refractivity contribution in [1.82, 2.24) is 20.4 Å². The number of nitrogens with one attached hydrogen (secondary N) is 3. The van der Waals surface area contributed by atoms with Crippen molar-refractivity contribution in [3.05, 3.63) is 53.1 Å². The number of carbonyl (C=O) groups is 6. The summed E-state index contributed by atoms with van der Waals surface area (Å²) in [6.07, 6.45) is 15.5. The van der Waals surface area contributed by atoms with E-state index in [0.717, 1.165) is 88.7 Å². The largest absolute Gasteiger partial charge is 0.462 e. The van der Waals surface area contributed by atoms with E-state index in [1.54, 1.807) is 12.1 Å². The Labute approximate surface area is 386 Å². The van der Waals surface area contributed by atoms with Gasteiger partial charge in [-0.05, 0) is 112 Å². The lowest BCUT2D eigenvalue weighted by Gasteiger charge is -2.44. The maximum absolute atomic E-state index is 13.5. The first-order valence-electron chi connectivity index (χ1n) is 24.4. The Kier molecular flexibility index (Phi) is 15.4. The summed E-state index contributed by atoms with van der Waals surface area (Å²) in [4.78, 5) is 80.4. The molecule has 65 heavy (non-hydrogen) atoms. The second-order valence-electron chi connectivity index (χ2n) is 21.1. The Morgan fingerprint density at radius 3 is 2.45 bits per heavy atom. The number of imide groups is 2. The topological polar surface area (TPSA) is 173 Å². The van der Waals surface area contributed by atoms with Crippen LogP contribution in [0.15, 0.2) is 42.0 Å². The summed E-state index contributed by atoms with van der Waals surface area (Å²) in [6, 6.07) is 4.34. The molecule has 6 aliphatic rings. The highest BCUT2D eigenvalue weighted by molar-refractivity contribution is 6.74. The minimum atomic E-state index is -2.03. The molecule has 1 aromatic carbocycles. The fourth-order valence-electron chi connectivity index (χ4n) is 10.6. The van der Waals surface area contributed by atoms with Gasteiger partial charge in [0.1, 0.15) is 18.2 Å². The minimum Gasteiger partial charge on any atom is -0.462 e. The number of benzene rings is 1. The first-order chi connectivity index (χ1) is 30.9. The number of hydrogen-bond acceptors (Lipinski definition) is 11. The molecule has 4 heterocycles. The fourth-order valence-corrected chi connectivity index (χ4v) is 12.0. The molecular formula is C50H73N5O9Si. The molecule has 3 N–H and O–H groups in total. The van der Waals surface area contributed by atoms with Crippen LogP contribution in [-0.4, -0.2) is 110 Å². The summed E-state index contributed by atoms with van der Waals surface area (Å²) >= 11 is 0. The zero-order chi connectivity index (χ0) is 46.6. The molecule has 15 heteroatoms. The maximum Gasteiger partial charge on any atom is 0.407 e. The standard InChI is InChI=1S/C50H73N5O9Si/c1-31-27-33-16-15-32(2)37(18-17-35-29-36(30-43(57)62-35)64-65(6,7)50(3,4)5)44(33)41(28-31)63-49(61)51-23-10-8-9-11-24-54-25-21-34(22-26-54)52-39-14-12-13-38-45(39)48(60)55(47(38)59)40-19-20-42(56)53-46(40)58/h12-16,27,31-32,34-37,40-41,44,52H,8-11,17-26,28-30H2,1-7H3,(H,51,61)(H,53,56,58)/t31-,32-,35+,36+,37-,40?,41-,44-/m0/s1. The number of esters is 1. The molecule has 0 aromatic heterocycles. The summed E-state index contributed by atoms with van der Waals surface area (Å²) in [5.74, 6) is -1.21. The Hall–Kier alpha value is -4.34. The van der Waals surface area contributed by atoms with Gasteiger partial charge in [-0.15, -0.1) is 0 Å². The van der Waals surface area contributed by atoms with Crippen molar-refractivity contribution in [3.63, 3.8) is 0 Å². The van der Waals surface area contributed by atoms with E-state index in [1.165, 1.54) is 5.57 Å². The molecule has 0 saturated carbocycles. The van der Waals surface area contributed by atoms with Gasteiger partial charge in [-0.2, -0.15) is 0 Å². The molecule has 4 aliphatic heterocycles. The summed E-state index contributed by atoms with van der Waals surface area (Å²) in [7, 11) is -2.03. The number of fused-ring (bicyclic) bond motifs is 2. The number of piperidine rings is 2. The number of nitrogens with zero attached hydrogens (tertiary/aromatic N) is 2. The van der Waals surface area contributed by atoms with E-state index in [0.29, 0.717) is 36.1 Å². The zero-order valence-corrected chi connectivity index (χ0v) is 40.7. The van der Waals surface area contributed by atoms with Gasteiger partial charge in [-0.3, -0.25) is 34.2 Å². The van der Waals surface area contributed by atoms with Crippen LogP contribution in [0.5, 0.6) is 0 Å². The number of anilines is 1. The van der Waals surface area contributed by atoms with E-state index < -0.39 is 38.0 Å². The van der Waals surface area contributed by atoms with E-state index in [9.17, 15) is 28.8 Å². The van der Waals surface area contributed by atoms with Gasteiger partial charge in [0, 0.05) is 50.1 Å². The smallest absolute Gasteiger partial charge is 0.407 e. The lowest BCUT2D eigenvalue weighted by atomic mass is 9.65. The van der Waals surface area contributed by atoms with Crippen LogP contribution in [0.25, 0.3) is 0 Å². The van der Waals surface area contributed by atoms with Crippen molar-refractivity contribution >= 4 is 49.7 Å². The van der Waals surface area contributed by atoms with Crippen molar-refractivity contribution in [2.75, 3.05) is 31.5 Å². The van der Waals surface area contributed by atoms with Crippen molar-refractivity contribution in [1.29, 1.82) is 0 Å². The molecule has 2 aliphatic carbocycles. The number of ether oxygens (including phenoxy) is 2. The highest BCUT2D eigenvalue weighted by Crippen LogP contribution is 2.46. The number of hydrogen-bond donors (Lipinski definition) is 3. The van der Waals surface area contributed by atoms with Gasteiger partial charge in [-0.1, -0.05) is 71.8 Å². The average Bonchev–Trinajstić information content (AvgIpc) is 3.49. The number of likely N-dealkylation sites (tertiary alicyclic amines) is 1. The van der Waals surface area contributed by atoms with Gasteiger partial charge in [-0.25, -0.2) is 4.79 Å². The molecule has 8 atom stereocenters. The summed E-state index contributed by atoms with van der Waals surface area (Å²) < 4.78 is 18.8. The van der Waals surface area contributed by atoms with Crippen molar-refractivity contribution in [3.8, 4) is 0 Å². The molecular weight excluding hydrogens is 843 g/mol. The van der Waals surface area contributed by atoms with E-state index in [4.69, 9.17) is 13.9 Å². The second kappa shape index (κ2) is 20.7. The van der Waals surface area contributed by atoms with Crippen LogP contribution in [0.3, 0.4) is 0 Å². The molecule has 14 nitrogen and oxygen atoms in total. The highest BCUT2D eigenvalue weighted by Gasteiger charge is 2.47. The fraction of sp³-hybridized carbons (Fsp3) is 0.680. The number of rotatable bonds is 16. The quantitative estimate of drug-likeness (QED) is 0.0637. The van der Waals surface area contributed by atoms with Crippen LogP contribution in [0, 0.1) is 23.7 Å². The van der Waals surface area contributed by atoms with E-state index in [2.05, 4.69) is 86.8 Å². The maximum atomic E-state index is 13.5. The average molecular weight is 916 g/mol. The van der Waals surface area contributed by atoms with Gasteiger partial charge in [0.2, 0.25) is 11.8 Å². The third-order valence-electron chi connectivity index (χ3n) is 15.2. The van der Waals surface area contributed by atoms with Crippen LogP contribution >= 0.6 is 0 Å². The van der Waals surface area contributed by atoms with E-state index in [1.807, 2.05) is 6.07 Å². The minimum absolute atomic E-state index is 0.0650. The molecule has 356 valence electrons. The van der Waals surface area contributed by atoms with E-state index >= 15 is 0 Å². The van der Waals surface area contributed by atoms with Crippen molar-refractivity contribution < 1.29 is 42.7 Å². The first kappa shape index (κ1) is 48.6. The molecule has 1 aromatic rings.